The Hall–Kier alpha value is -0.160. The Kier molecular flexibility index (Phi) is 8.79. The lowest BCUT2D eigenvalue weighted by Crippen LogP contribution is -2.44. The number of β-amino-alcohol motifs (C(OH)–C–C–N with tert-alkyl or cyclic N) is 1. The second-order valence-corrected chi connectivity index (χ2v) is 7.38. The Labute approximate surface area is 131 Å². The first-order valence-electron chi connectivity index (χ1n) is 8.75. The van der Waals surface area contributed by atoms with Crippen LogP contribution < -0.4 is 5.32 Å². The minimum atomic E-state index is 0.284. The number of hydrogen-bond acceptors (Lipinski definition) is 4. The zero-order valence-electron chi connectivity index (χ0n) is 14.7. The molecule has 0 radical (unpaired) electrons. The van der Waals surface area contributed by atoms with Gasteiger partial charge in [0.05, 0.1) is 6.61 Å². The molecule has 4 nitrogen and oxygen atoms in total. The van der Waals surface area contributed by atoms with Crippen LogP contribution in [0.4, 0.5) is 0 Å². The van der Waals surface area contributed by atoms with E-state index in [1.54, 1.807) is 0 Å². The summed E-state index contributed by atoms with van der Waals surface area (Å²) in [6.45, 7) is 18.3. The maximum absolute atomic E-state index is 9.08. The highest BCUT2D eigenvalue weighted by Gasteiger charge is 2.26. The largest absolute Gasteiger partial charge is 0.395 e. The second kappa shape index (κ2) is 9.78. The average molecular weight is 300 g/mol. The smallest absolute Gasteiger partial charge is 0.0558 e. The fourth-order valence-electron chi connectivity index (χ4n) is 3.04. The van der Waals surface area contributed by atoms with Crippen LogP contribution in [0.3, 0.4) is 0 Å². The van der Waals surface area contributed by atoms with Gasteiger partial charge in [-0.1, -0.05) is 27.7 Å². The quantitative estimate of drug-likeness (QED) is 0.679. The van der Waals surface area contributed by atoms with E-state index in [9.17, 15) is 0 Å². The number of nitrogens with zero attached hydrogens (tertiary/aromatic N) is 2. The SMILES string of the molecule is CCC(C)(CNCC(C)C)CN1CCCN(CCO)CC1. The number of rotatable bonds is 9. The molecule has 0 aromatic heterocycles. The molecule has 0 saturated carbocycles. The molecule has 0 spiro atoms. The van der Waals surface area contributed by atoms with Crippen molar-refractivity contribution in [1.29, 1.82) is 0 Å². The first-order valence-corrected chi connectivity index (χ1v) is 8.75. The van der Waals surface area contributed by atoms with Crippen molar-refractivity contribution in [3.05, 3.63) is 0 Å². The van der Waals surface area contributed by atoms with E-state index in [-0.39, 0.29) is 6.61 Å². The summed E-state index contributed by atoms with van der Waals surface area (Å²) in [5.41, 5.74) is 0.362. The van der Waals surface area contributed by atoms with Crippen LogP contribution in [0, 0.1) is 11.3 Å². The molecule has 2 N–H and O–H groups in total. The van der Waals surface area contributed by atoms with Crippen LogP contribution in [-0.2, 0) is 0 Å². The third-order valence-corrected chi connectivity index (χ3v) is 4.66. The molecule has 0 aromatic carbocycles. The molecule has 0 aromatic rings. The van der Waals surface area contributed by atoms with Gasteiger partial charge >= 0.3 is 0 Å². The van der Waals surface area contributed by atoms with E-state index in [2.05, 4.69) is 42.8 Å². The Morgan fingerprint density at radius 2 is 1.81 bits per heavy atom. The lowest BCUT2D eigenvalue weighted by molar-refractivity contribution is 0.152. The van der Waals surface area contributed by atoms with Crippen LogP contribution in [0.25, 0.3) is 0 Å². The van der Waals surface area contributed by atoms with E-state index >= 15 is 0 Å². The number of aliphatic hydroxyl groups excluding tert-OH is 1. The summed E-state index contributed by atoms with van der Waals surface area (Å²) in [6, 6.07) is 0. The predicted molar refractivity (Wildman–Crippen MR) is 90.7 cm³/mol. The normalized spacial score (nSPS) is 21.4. The third kappa shape index (κ3) is 7.59. The molecule has 1 aliphatic heterocycles. The third-order valence-electron chi connectivity index (χ3n) is 4.66. The Morgan fingerprint density at radius 3 is 2.43 bits per heavy atom. The first kappa shape index (κ1) is 18.9. The van der Waals surface area contributed by atoms with Crippen molar-refractivity contribution in [2.24, 2.45) is 11.3 Å². The molecule has 4 heteroatoms. The number of hydrogen-bond donors (Lipinski definition) is 2. The summed E-state index contributed by atoms with van der Waals surface area (Å²) in [7, 11) is 0. The van der Waals surface area contributed by atoms with E-state index in [4.69, 9.17) is 5.11 Å². The summed E-state index contributed by atoms with van der Waals surface area (Å²) >= 11 is 0. The Morgan fingerprint density at radius 1 is 1.14 bits per heavy atom. The molecular weight excluding hydrogens is 262 g/mol. The molecule has 0 aliphatic carbocycles. The predicted octanol–water partition coefficient (Wildman–Crippen LogP) is 1.65. The van der Waals surface area contributed by atoms with Crippen LogP contribution in [-0.4, -0.2) is 73.9 Å². The molecule has 1 aliphatic rings. The van der Waals surface area contributed by atoms with Crippen molar-refractivity contribution >= 4 is 0 Å². The monoisotopic (exact) mass is 299 g/mol. The zero-order chi connectivity index (χ0) is 15.7. The molecule has 1 rings (SSSR count). The van der Waals surface area contributed by atoms with E-state index in [1.807, 2.05) is 0 Å². The summed E-state index contributed by atoms with van der Waals surface area (Å²) in [4.78, 5) is 5.01. The first-order chi connectivity index (χ1) is 9.99. The minimum absolute atomic E-state index is 0.284. The van der Waals surface area contributed by atoms with Crippen LogP contribution in [0.2, 0.25) is 0 Å². The average Bonchev–Trinajstić information content (AvgIpc) is 2.64. The Balaban J connectivity index is 2.40. The molecule has 1 heterocycles. The van der Waals surface area contributed by atoms with Gasteiger partial charge in [0.25, 0.3) is 0 Å². The van der Waals surface area contributed by atoms with Crippen LogP contribution in [0.15, 0.2) is 0 Å². The van der Waals surface area contributed by atoms with Crippen LogP contribution >= 0.6 is 0 Å². The summed E-state index contributed by atoms with van der Waals surface area (Å²) < 4.78 is 0. The highest BCUT2D eigenvalue weighted by atomic mass is 16.3. The van der Waals surface area contributed by atoms with Gasteiger partial charge < -0.3 is 15.3 Å². The van der Waals surface area contributed by atoms with Gasteiger partial charge in [0.1, 0.15) is 0 Å². The molecule has 1 fully saturated rings. The molecule has 1 saturated heterocycles. The van der Waals surface area contributed by atoms with Gasteiger partial charge in [-0.15, -0.1) is 0 Å². The standard InChI is InChI=1S/C17H37N3O/c1-5-17(4,14-18-13-16(2)3)15-20-8-6-7-19(9-10-20)11-12-21/h16,18,21H,5-15H2,1-4H3. The van der Waals surface area contributed by atoms with Gasteiger partial charge in [-0.2, -0.15) is 0 Å². The summed E-state index contributed by atoms with van der Waals surface area (Å²) in [5, 5.41) is 12.7. The summed E-state index contributed by atoms with van der Waals surface area (Å²) in [5.74, 6) is 0.719. The van der Waals surface area contributed by atoms with Gasteiger partial charge in [0.15, 0.2) is 0 Å². The highest BCUT2D eigenvalue weighted by molar-refractivity contribution is 4.81. The molecule has 1 atom stereocenters. The lowest BCUT2D eigenvalue weighted by atomic mass is 9.86. The minimum Gasteiger partial charge on any atom is -0.395 e. The van der Waals surface area contributed by atoms with Crippen molar-refractivity contribution in [1.82, 2.24) is 15.1 Å². The van der Waals surface area contributed by atoms with Crippen molar-refractivity contribution in [3.8, 4) is 0 Å². The topological polar surface area (TPSA) is 38.7 Å². The summed E-state index contributed by atoms with van der Waals surface area (Å²) in [6.07, 6.45) is 2.44. The molecule has 126 valence electrons. The number of nitrogens with one attached hydrogen (secondary N) is 1. The molecular formula is C17H37N3O. The van der Waals surface area contributed by atoms with Gasteiger partial charge in [0, 0.05) is 32.7 Å². The fourth-order valence-corrected chi connectivity index (χ4v) is 3.04. The zero-order valence-corrected chi connectivity index (χ0v) is 14.7. The van der Waals surface area contributed by atoms with E-state index in [0.29, 0.717) is 5.41 Å². The van der Waals surface area contributed by atoms with Crippen molar-refractivity contribution < 1.29 is 5.11 Å². The second-order valence-electron chi connectivity index (χ2n) is 7.38. The number of aliphatic hydroxyl groups is 1. The maximum atomic E-state index is 9.08. The van der Waals surface area contributed by atoms with Gasteiger partial charge in [-0.3, -0.25) is 4.90 Å². The Bertz CT molecular complexity index is 273. The van der Waals surface area contributed by atoms with Crippen molar-refractivity contribution in [3.63, 3.8) is 0 Å². The molecule has 0 bridgehead atoms. The van der Waals surface area contributed by atoms with Gasteiger partial charge in [-0.25, -0.2) is 0 Å². The lowest BCUT2D eigenvalue weighted by Gasteiger charge is -2.35. The highest BCUT2D eigenvalue weighted by Crippen LogP contribution is 2.22. The molecule has 1 unspecified atom stereocenters. The maximum Gasteiger partial charge on any atom is 0.0558 e. The van der Waals surface area contributed by atoms with Crippen molar-refractivity contribution in [2.45, 2.75) is 40.5 Å². The van der Waals surface area contributed by atoms with Gasteiger partial charge in [0.2, 0.25) is 0 Å². The van der Waals surface area contributed by atoms with Crippen LogP contribution in [0.5, 0.6) is 0 Å². The van der Waals surface area contributed by atoms with Crippen LogP contribution in [0.1, 0.15) is 40.5 Å². The molecule has 21 heavy (non-hydrogen) atoms. The van der Waals surface area contributed by atoms with Crippen molar-refractivity contribution in [2.75, 3.05) is 59.0 Å². The van der Waals surface area contributed by atoms with E-state index in [0.717, 1.165) is 45.2 Å². The molecule has 0 amide bonds. The van der Waals surface area contributed by atoms with E-state index < -0.39 is 0 Å². The fraction of sp³-hybridized carbons (Fsp3) is 1.00. The van der Waals surface area contributed by atoms with E-state index in [1.165, 1.54) is 25.9 Å². The van der Waals surface area contributed by atoms with Gasteiger partial charge in [-0.05, 0) is 43.8 Å².